The van der Waals surface area contributed by atoms with Gasteiger partial charge in [-0.3, -0.25) is 9.59 Å². The van der Waals surface area contributed by atoms with Crippen LogP contribution in [0.15, 0.2) is 10.5 Å². The number of nitrogen functional groups attached to an aromatic ring is 1. The Labute approximate surface area is 156 Å². The largest absolute Gasteiger partial charge is 0.389 e. The maximum atomic E-state index is 12.1. The third-order valence-electron chi connectivity index (χ3n) is 3.06. The quantitative estimate of drug-likeness (QED) is 0.566. The molecule has 3 N–H and O–H groups in total. The summed E-state index contributed by atoms with van der Waals surface area (Å²) in [5.74, 6) is -0.335. The molecule has 2 aromatic rings. The van der Waals surface area contributed by atoms with Crippen LogP contribution in [0, 0.1) is 0 Å². The summed E-state index contributed by atoms with van der Waals surface area (Å²) in [4.78, 5) is 26.9. The normalized spacial score (nSPS) is 12.0. The number of carbonyl (C=O) groups is 2. The van der Waals surface area contributed by atoms with Crippen molar-refractivity contribution in [1.82, 2.24) is 28.7 Å². The van der Waals surface area contributed by atoms with Crippen LogP contribution in [-0.2, 0) is 4.79 Å². The van der Waals surface area contributed by atoms with E-state index in [0.29, 0.717) is 9.47 Å². The first-order valence-electron chi connectivity index (χ1n) is 7.03. The van der Waals surface area contributed by atoms with Crippen molar-refractivity contribution in [2.24, 2.45) is 0 Å². The van der Waals surface area contributed by atoms with E-state index in [9.17, 15) is 14.7 Å². The van der Waals surface area contributed by atoms with Gasteiger partial charge in [0.05, 0.1) is 29.8 Å². The average molecular weight is 404 g/mol. The lowest BCUT2D eigenvalue weighted by Crippen LogP contribution is -2.42. The van der Waals surface area contributed by atoms with Crippen LogP contribution < -0.4 is 5.73 Å². The number of hydrogen-bond acceptors (Lipinski definition) is 11. The number of hydrogen-bond donors (Lipinski definition) is 2. The van der Waals surface area contributed by atoms with E-state index in [4.69, 9.17) is 5.73 Å². The van der Waals surface area contributed by atoms with E-state index in [2.05, 4.69) is 18.9 Å². The van der Waals surface area contributed by atoms with Crippen LogP contribution in [-0.4, -0.2) is 84.7 Å². The second-order valence-electron chi connectivity index (χ2n) is 5.10. The Bertz CT molecular complexity index is 709. The van der Waals surface area contributed by atoms with Crippen LogP contribution in [0.2, 0.25) is 0 Å². The first kappa shape index (κ1) is 19.5. The topological polar surface area (TPSA) is 138 Å². The Hall–Kier alpha value is -1.83. The molecule has 13 heteroatoms. The van der Waals surface area contributed by atoms with Crippen molar-refractivity contribution < 1.29 is 14.7 Å². The molecule has 136 valence electrons. The number of thioether (sulfide) groups is 1. The lowest BCUT2D eigenvalue weighted by atomic mass is 10.3. The van der Waals surface area contributed by atoms with Crippen LogP contribution in [0.5, 0.6) is 0 Å². The second kappa shape index (κ2) is 9.03. The van der Waals surface area contributed by atoms with E-state index in [1.165, 1.54) is 39.1 Å². The molecular formula is C12H17N7O3S3. The first-order chi connectivity index (χ1) is 11.9. The highest BCUT2D eigenvalue weighted by molar-refractivity contribution is 8.01. The molecule has 0 saturated heterocycles. The number of aliphatic hydroxyl groups is 1. The molecule has 2 heterocycles. The van der Waals surface area contributed by atoms with Crippen LogP contribution in [0.4, 0.5) is 5.13 Å². The minimum Gasteiger partial charge on any atom is -0.389 e. The molecule has 2 rings (SSSR count). The predicted molar refractivity (Wildman–Crippen MR) is 95.6 cm³/mol. The van der Waals surface area contributed by atoms with Gasteiger partial charge in [0.1, 0.15) is 0 Å². The van der Waals surface area contributed by atoms with E-state index in [1.54, 1.807) is 14.1 Å². The molecule has 0 radical (unpaired) electrons. The van der Waals surface area contributed by atoms with Gasteiger partial charge in [-0.2, -0.15) is 8.75 Å². The van der Waals surface area contributed by atoms with Crippen molar-refractivity contribution in [2.75, 3.05) is 38.7 Å². The van der Waals surface area contributed by atoms with Crippen molar-refractivity contribution >= 4 is 51.8 Å². The summed E-state index contributed by atoms with van der Waals surface area (Å²) < 4.78 is 8.25. The fraction of sp³-hybridized carbons (Fsp3) is 0.500. The van der Waals surface area contributed by atoms with Crippen molar-refractivity contribution in [3.63, 3.8) is 0 Å². The molecule has 0 spiro atoms. The smallest absolute Gasteiger partial charge is 0.275 e. The van der Waals surface area contributed by atoms with Gasteiger partial charge >= 0.3 is 0 Å². The highest BCUT2D eigenvalue weighted by Crippen LogP contribution is 2.23. The number of likely N-dealkylation sites (N-methyl/N-ethyl adjacent to an activating group) is 2. The van der Waals surface area contributed by atoms with Gasteiger partial charge in [-0.05, 0) is 0 Å². The van der Waals surface area contributed by atoms with Gasteiger partial charge in [0, 0.05) is 27.2 Å². The van der Waals surface area contributed by atoms with Crippen LogP contribution in [0.1, 0.15) is 10.5 Å². The third kappa shape index (κ3) is 5.88. The molecule has 10 nitrogen and oxygen atoms in total. The van der Waals surface area contributed by atoms with E-state index < -0.39 is 6.10 Å². The molecule has 1 unspecified atom stereocenters. The van der Waals surface area contributed by atoms with E-state index in [1.807, 2.05) is 0 Å². The summed E-state index contributed by atoms with van der Waals surface area (Å²) in [7, 11) is 3.15. The Kier molecular flexibility index (Phi) is 7.04. The van der Waals surface area contributed by atoms with Crippen molar-refractivity contribution in [3.05, 3.63) is 11.9 Å². The number of nitrogens with two attached hydrogens (primary N) is 1. The van der Waals surface area contributed by atoms with Gasteiger partial charge < -0.3 is 20.6 Å². The molecule has 2 aromatic heterocycles. The molecule has 0 bridgehead atoms. The number of amides is 2. The zero-order valence-electron chi connectivity index (χ0n) is 13.5. The number of aromatic nitrogens is 4. The fourth-order valence-electron chi connectivity index (χ4n) is 1.84. The number of rotatable bonds is 8. The summed E-state index contributed by atoms with van der Waals surface area (Å²) in [6, 6.07) is 0. The molecular weight excluding hydrogens is 386 g/mol. The number of aliphatic hydroxyl groups excluding tert-OH is 1. The Balaban J connectivity index is 1.75. The summed E-state index contributed by atoms with van der Waals surface area (Å²) in [6.45, 7) is 0.179. The molecule has 1 atom stereocenters. The molecule has 0 aliphatic rings. The standard InChI is InChI=1S/C12H17N7O3S3/c1-18(9(21)6-23-12-16-15-11(13)24-12)4-7(20)5-19(2)10(22)8-3-14-25-17-8/h3,7,20H,4-6H2,1-2H3,(H2,13,15). The van der Waals surface area contributed by atoms with Gasteiger partial charge in [0.25, 0.3) is 5.91 Å². The molecule has 25 heavy (non-hydrogen) atoms. The minimum absolute atomic E-state index is 0.0774. The summed E-state index contributed by atoms with van der Waals surface area (Å²) in [5.41, 5.74) is 5.71. The zero-order chi connectivity index (χ0) is 18.4. The molecule has 0 aliphatic heterocycles. The van der Waals surface area contributed by atoms with Crippen LogP contribution in [0.25, 0.3) is 0 Å². The Morgan fingerprint density at radius 1 is 1.32 bits per heavy atom. The predicted octanol–water partition coefficient (Wildman–Crippen LogP) is -0.345. The van der Waals surface area contributed by atoms with E-state index >= 15 is 0 Å². The van der Waals surface area contributed by atoms with Crippen LogP contribution in [0.3, 0.4) is 0 Å². The highest BCUT2D eigenvalue weighted by Gasteiger charge is 2.20. The van der Waals surface area contributed by atoms with Gasteiger partial charge in [-0.25, -0.2) is 0 Å². The van der Waals surface area contributed by atoms with Crippen molar-refractivity contribution in [1.29, 1.82) is 0 Å². The zero-order valence-corrected chi connectivity index (χ0v) is 16.0. The fourth-order valence-corrected chi connectivity index (χ4v) is 3.83. The molecule has 0 fully saturated rings. The second-order valence-corrected chi connectivity index (χ2v) is 7.89. The summed E-state index contributed by atoms with van der Waals surface area (Å²) in [5, 5.41) is 18.0. The maximum Gasteiger partial charge on any atom is 0.275 e. The highest BCUT2D eigenvalue weighted by atomic mass is 32.2. The summed E-state index contributed by atoms with van der Waals surface area (Å²) >= 11 is 3.39. The molecule has 0 saturated carbocycles. The van der Waals surface area contributed by atoms with Crippen molar-refractivity contribution in [3.8, 4) is 0 Å². The number of carbonyl (C=O) groups excluding carboxylic acids is 2. The van der Waals surface area contributed by atoms with Crippen LogP contribution >= 0.6 is 34.8 Å². The van der Waals surface area contributed by atoms with E-state index in [0.717, 1.165) is 11.7 Å². The maximum absolute atomic E-state index is 12.1. The molecule has 0 aliphatic carbocycles. The molecule has 2 amide bonds. The Morgan fingerprint density at radius 2 is 2.04 bits per heavy atom. The third-order valence-corrected chi connectivity index (χ3v) is 5.41. The molecule has 0 aromatic carbocycles. The van der Waals surface area contributed by atoms with Gasteiger partial charge in [0.15, 0.2) is 10.0 Å². The van der Waals surface area contributed by atoms with Gasteiger partial charge in [-0.1, -0.05) is 23.1 Å². The van der Waals surface area contributed by atoms with Gasteiger partial charge in [-0.15, -0.1) is 10.2 Å². The SMILES string of the molecule is CN(CC(O)CN(C)C(=O)c1cnsn1)C(=O)CSc1nnc(N)s1. The Morgan fingerprint density at radius 3 is 2.64 bits per heavy atom. The first-order valence-corrected chi connectivity index (χ1v) is 9.57. The van der Waals surface area contributed by atoms with Crippen molar-refractivity contribution in [2.45, 2.75) is 10.4 Å². The number of anilines is 1. The lowest BCUT2D eigenvalue weighted by Gasteiger charge is -2.24. The average Bonchev–Trinajstić information content (AvgIpc) is 3.23. The lowest BCUT2D eigenvalue weighted by molar-refractivity contribution is -0.128. The van der Waals surface area contributed by atoms with Gasteiger partial charge in [0.2, 0.25) is 11.0 Å². The number of nitrogens with zero attached hydrogens (tertiary/aromatic N) is 6. The van der Waals surface area contributed by atoms with E-state index in [-0.39, 0.29) is 36.4 Å². The minimum atomic E-state index is -0.878. The summed E-state index contributed by atoms with van der Waals surface area (Å²) in [6.07, 6.45) is 0.500. The monoisotopic (exact) mass is 403 g/mol.